The zero-order valence-corrected chi connectivity index (χ0v) is 9.53. The van der Waals surface area contributed by atoms with Gasteiger partial charge in [-0.25, -0.2) is 4.99 Å². The molecule has 0 spiro atoms. The first-order chi connectivity index (χ1) is 7.77. The molecule has 1 amide bonds. The Kier molecular flexibility index (Phi) is 5.11. The van der Waals surface area contributed by atoms with Gasteiger partial charge in [0.15, 0.2) is 5.76 Å². The molecule has 0 saturated carbocycles. The van der Waals surface area contributed by atoms with E-state index in [2.05, 4.69) is 17.2 Å². The molecule has 1 rings (SSSR count). The standard InChI is InChI=1S/C11H16N2O3/c1-3-4-7-12-11(15-2)13-10(14)9-6-5-8-16-9/h5-6,8H,3-4,7H2,1-2H3,(H,12,13,14). The van der Waals surface area contributed by atoms with Gasteiger partial charge in [-0.2, -0.15) is 0 Å². The number of methoxy groups -OCH3 is 1. The number of ether oxygens (including phenoxy) is 1. The molecule has 0 aliphatic heterocycles. The van der Waals surface area contributed by atoms with Gasteiger partial charge in [0.05, 0.1) is 13.4 Å². The first-order valence-corrected chi connectivity index (χ1v) is 5.21. The Morgan fingerprint density at radius 1 is 1.62 bits per heavy atom. The molecular formula is C11H16N2O3. The summed E-state index contributed by atoms with van der Waals surface area (Å²) in [5.41, 5.74) is 0. The molecule has 0 saturated heterocycles. The first kappa shape index (κ1) is 12.3. The van der Waals surface area contributed by atoms with Crippen LogP contribution in [0.2, 0.25) is 0 Å². The number of hydrogen-bond acceptors (Lipinski definition) is 4. The predicted octanol–water partition coefficient (Wildman–Crippen LogP) is 1.81. The van der Waals surface area contributed by atoms with Gasteiger partial charge in [-0.1, -0.05) is 13.3 Å². The quantitative estimate of drug-likeness (QED) is 0.482. The summed E-state index contributed by atoms with van der Waals surface area (Å²) in [5.74, 6) is -0.123. The fourth-order valence-corrected chi connectivity index (χ4v) is 1.06. The van der Waals surface area contributed by atoms with Crippen molar-refractivity contribution >= 4 is 11.9 Å². The molecule has 0 aromatic carbocycles. The van der Waals surface area contributed by atoms with Crippen LogP contribution in [-0.2, 0) is 4.74 Å². The second kappa shape index (κ2) is 6.66. The molecule has 0 aliphatic carbocycles. The highest BCUT2D eigenvalue weighted by Gasteiger charge is 2.10. The molecule has 88 valence electrons. The Morgan fingerprint density at radius 3 is 3.00 bits per heavy atom. The monoisotopic (exact) mass is 224 g/mol. The summed E-state index contributed by atoms with van der Waals surface area (Å²) in [5, 5.41) is 2.52. The van der Waals surface area contributed by atoms with E-state index in [0.717, 1.165) is 12.8 Å². The van der Waals surface area contributed by atoms with Crippen molar-refractivity contribution in [1.29, 1.82) is 0 Å². The molecule has 5 nitrogen and oxygen atoms in total. The lowest BCUT2D eigenvalue weighted by Gasteiger charge is -2.05. The van der Waals surface area contributed by atoms with E-state index in [-0.39, 0.29) is 17.7 Å². The Hall–Kier alpha value is -1.78. The van der Waals surface area contributed by atoms with Gasteiger partial charge in [0, 0.05) is 6.54 Å². The number of carbonyl (C=O) groups excluding carboxylic acids is 1. The lowest BCUT2D eigenvalue weighted by atomic mass is 10.3. The Labute approximate surface area is 94.5 Å². The molecule has 1 aromatic rings. The maximum absolute atomic E-state index is 11.5. The highest BCUT2D eigenvalue weighted by Crippen LogP contribution is 1.99. The van der Waals surface area contributed by atoms with Crippen molar-refractivity contribution in [2.45, 2.75) is 19.8 Å². The van der Waals surface area contributed by atoms with Crippen LogP contribution in [0.15, 0.2) is 27.8 Å². The van der Waals surface area contributed by atoms with Crippen molar-refractivity contribution in [1.82, 2.24) is 5.32 Å². The van der Waals surface area contributed by atoms with E-state index in [4.69, 9.17) is 9.15 Å². The summed E-state index contributed by atoms with van der Waals surface area (Å²) in [6, 6.07) is 3.44. The fraction of sp³-hybridized carbons (Fsp3) is 0.455. The van der Waals surface area contributed by atoms with Crippen LogP contribution in [0, 0.1) is 0 Å². The second-order valence-electron chi connectivity index (χ2n) is 3.18. The van der Waals surface area contributed by atoms with Gasteiger partial charge in [-0.05, 0) is 18.6 Å². The minimum atomic E-state index is -0.359. The number of rotatable bonds is 4. The minimum absolute atomic E-state index is 0.217. The van der Waals surface area contributed by atoms with E-state index < -0.39 is 0 Å². The normalized spacial score (nSPS) is 11.2. The zero-order chi connectivity index (χ0) is 11.8. The second-order valence-corrected chi connectivity index (χ2v) is 3.18. The van der Waals surface area contributed by atoms with Crippen LogP contribution < -0.4 is 5.32 Å². The smallest absolute Gasteiger partial charge is 0.294 e. The Morgan fingerprint density at radius 2 is 2.44 bits per heavy atom. The van der Waals surface area contributed by atoms with Gasteiger partial charge in [-0.15, -0.1) is 0 Å². The molecule has 16 heavy (non-hydrogen) atoms. The molecule has 0 unspecified atom stereocenters. The molecule has 0 bridgehead atoms. The van der Waals surface area contributed by atoms with E-state index in [1.807, 2.05) is 0 Å². The number of amides is 1. The number of amidine groups is 1. The van der Waals surface area contributed by atoms with Crippen molar-refractivity contribution in [2.75, 3.05) is 13.7 Å². The number of carbonyl (C=O) groups is 1. The average Bonchev–Trinajstić information content (AvgIpc) is 2.81. The minimum Gasteiger partial charge on any atom is -0.468 e. The van der Waals surface area contributed by atoms with E-state index in [0.29, 0.717) is 6.54 Å². The van der Waals surface area contributed by atoms with Gasteiger partial charge in [0.2, 0.25) is 0 Å². The van der Waals surface area contributed by atoms with E-state index in [1.165, 1.54) is 13.4 Å². The summed E-state index contributed by atoms with van der Waals surface area (Å²) in [7, 11) is 1.47. The highest BCUT2D eigenvalue weighted by atomic mass is 16.5. The van der Waals surface area contributed by atoms with E-state index in [9.17, 15) is 4.79 Å². The Balaban J connectivity index is 2.50. The van der Waals surface area contributed by atoms with Crippen LogP contribution in [0.4, 0.5) is 0 Å². The predicted molar refractivity (Wildman–Crippen MR) is 60.4 cm³/mol. The molecule has 0 radical (unpaired) electrons. The van der Waals surface area contributed by atoms with Crippen molar-refractivity contribution in [3.8, 4) is 0 Å². The maximum Gasteiger partial charge on any atom is 0.294 e. The average molecular weight is 224 g/mol. The van der Waals surface area contributed by atoms with Crippen LogP contribution in [0.3, 0.4) is 0 Å². The third-order valence-electron chi connectivity index (χ3n) is 1.93. The van der Waals surface area contributed by atoms with E-state index >= 15 is 0 Å². The lowest BCUT2D eigenvalue weighted by Crippen LogP contribution is -2.31. The molecule has 1 heterocycles. The molecule has 1 aromatic heterocycles. The number of aliphatic imine (C=N–C) groups is 1. The Bertz CT molecular complexity index is 344. The summed E-state index contributed by atoms with van der Waals surface area (Å²) in [4.78, 5) is 15.6. The summed E-state index contributed by atoms with van der Waals surface area (Å²) >= 11 is 0. The number of nitrogens with zero attached hydrogens (tertiary/aromatic N) is 1. The van der Waals surface area contributed by atoms with Crippen molar-refractivity contribution in [3.63, 3.8) is 0 Å². The highest BCUT2D eigenvalue weighted by molar-refractivity contribution is 6.02. The lowest BCUT2D eigenvalue weighted by molar-refractivity contribution is 0.0941. The summed E-state index contributed by atoms with van der Waals surface area (Å²) in [6.45, 7) is 2.71. The fourth-order valence-electron chi connectivity index (χ4n) is 1.06. The third-order valence-corrected chi connectivity index (χ3v) is 1.93. The molecular weight excluding hydrogens is 208 g/mol. The van der Waals surface area contributed by atoms with Crippen LogP contribution in [-0.4, -0.2) is 25.6 Å². The van der Waals surface area contributed by atoms with Gasteiger partial charge in [-0.3, -0.25) is 10.1 Å². The molecule has 5 heteroatoms. The van der Waals surface area contributed by atoms with Gasteiger partial charge >= 0.3 is 0 Å². The number of furan rings is 1. The van der Waals surface area contributed by atoms with Gasteiger partial charge in [0.25, 0.3) is 11.9 Å². The van der Waals surface area contributed by atoms with Crippen LogP contribution in [0.25, 0.3) is 0 Å². The first-order valence-electron chi connectivity index (χ1n) is 5.21. The number of unbranched alkanes of at least 4 members (excludes halogenated alkanes) is 1. The molecule has 1 N–H and O–H groups in total. The summed E-state index contributed by atoms with van der Waals surface area (Å²) < 4.78 is 9.89. The van der Waals surface area contributed by atoms with Gasteiger partial charge < -0.3 is 9.15 Å². The molecule has 0 aliphatic rings. The largest absolute Gasteiger partial charge is 0.468 e. The van der Waals surface area contributed by atoms with Crippen LogP contribution in [0.5, 0.6) is 0 Å². The SMILES string of the molecule is CCCCN=C(NC(=O)c1ccco1)OC. The van der Waals surface area contributed by atoms with E-state index in [1.54, 1.807) is 12.1 Å². The number of hydrogen-bond donors (Lipinski definition) is 1. The topological polar surface area (TPSA) is 63.8 Å². The molecule has 0 fully saturated rings. The van der Waals surface area contributed by atoms with Crippen LogP contribution >= 0.6 is 0 Å². The zero-order valence-electron chi connectivity index (χ0n) is 9.53. The van der Waals surface area contributed by atoms with Crippen molar-refractivity contribution < 1.29 is 13.9 Å². The maximum atomic E-state index is 11.5. The molecule has 0 atom stereocenters. The third kappa shape index (κ3) is 3.76. The van der Waals surface area contributed by atoms with Crippen molar-refractivity contribution in [2.24, 2.45) is 4.99 Å². The van der Waals surface area contributed by atoms with Crippen LogP contribution in [0.1, 0.15) is 30.3 Å². The van der Waals surface area contributed by atoms with Crippen molar-refractivity contribution in [3.05, 3.63) is 24.2 Å². The van der Waals surface area contributed by atoms with Gasteiger partial charge in [0.1, 0.15) is 0 Å². The number of nitrogens with one attached hydrogen (secondary N) is 1. The summed E-state index contributed by atoms with van der Waals surface area (Å²) in [6.07, 6.45) is 3.45.